The molecule has 0 saturated carbocycles. The highest BCUT2D eigenvalue weighted by atomic mass is 15.1. The van der Waals surface area contributed by atoms with Gasteiger partial charge in [-0.2, -0.15) is 0 Å². The first-order valence-electron chi connectivity index (χ1n) is 3.29. The molecule has 6 nitrogen and oxygen atoms in total. The SMILES string of the molecule is [C-]#[N+]C(=C=N)C1=NC(=C=N)C([N+]#[C-])=N1. The molecule has 0 aliphatic carbocycles. The fourth-order valence-electron chi connectivity index (χ4n) is 0.736. The molecule has 0 saturated heterocycles. The van der Waals surface area contributed by atoms with Crippen LogP contribution in [0.3, 0.4) is 0 Å². The van der Waals surface area contributed by atoms with Gasteiger partial charge in [0, 0.05) is 0 Å². The predicted octanol–water partition coefficient (Wildman–Crippen LogP) is 0.900. The van der Waals surface area contributed by atoms with Crippen molar-refractivity contribution in [2.75, 3.05) is 0 Å². The number of amidine groups is 2. The van der Waals surface area contributed by atoms with Crippen LogP contribution >= 0.6 is 0 Å². The Morgan fingerprint density at radius 1 is 1.29 bits per heavy atom. The average Bonchev–Trinajstić information content (AvgIpc) is 2.63. The van der Waals surface area contributed by atoms with E-state index in [1.54, 1.807) is 0 Å². The molecular weight excluding hydrogens is 180 g/mol. The third-order valence-electron chi connectivity index (χ3n) is 1.31. The lowest BCUT2D eigenvalue weighted by Crippen LogP contribution is -1.92. The highest BCUT2D eigenvalue weighted by Crippen LogP contribution is 2.12. The summed E-state index contributed by atoms with van der Waals surface area (Å²) in [4.78, 5) is 13.3. The van der Waals surface area contributed by atoms with E-state index in [1.807, 2.05) is 11.7 Å². The van der Waals surface area contributed by atoms with Crippen LogP contribution in [-0.4, -0.2) is 23.4 Å². The molecule has 64 valence electrons. The maximum Gasteiger partial charge on any atom is 0.313 e. The average molecular weight is 182 g/mol. The number of aliphatic imine (C=N–C) groups is 2. The molecule has 0 amide bonds. The number of nitrogens with one attached hydrogen (secondary N) is 2. The summed E-state index contributed by atoms with van der Waals surface area (Å²) in [7, 11) is 0. The molecule has 0 bridgehead atoms. The van der Waals surface area contributed by atoms with Crippen LogP contribution in [-0.2, 0) is 0 Å². The Balaban J connectivity index is 3.30. The van der Waals surface area contributed by atoms with E-state index in [0.29, 0.717) is 0 Å². The van der Waals surface area contributed by atoms with E-state index in [0.717, 1.165) is 0 Å². The number of rotatable bonds is 1. The zero-order valence-electron chi connectivity index (χ0n) is 6.79. The van der Waals surface area contributed by atoms with Crippen molar-refractivity contribution in [1.82, 2.24) is 0 Å². The van der Waals surface area contributed by atoms with E-state index in [-0.39, 0.29) is 23.1 Å². The van der Waals surface area contributed by atoms with E-state index < -0.39 is 0 Å². The summed E-state index contributed by atoms with van der Waals surface area (Å²) in [5, 5.41) is 13.6. The minimum atomic E-state index is -0.184. The first-order valence-corrected chi connectivity index (χ1v) is 3.29. The summed E-state index contributed by atoms with van der Waals surface area (Å²) in [5.41, 5.74) is -0.206. The molecule has 0 aromatic heterocycles. The molecular formula is C8H2N6. The van der Waals surface area contributed by atoms with Crippen LogP contribution in [0.15, 0.2) is 21.4 Å². The Morgan fingerprint density at radius 3 is 2.36 bits per heavy atom. The monoisotopic (exact) mass is 182 g/mol. The minimum absolute atomic E-state index is 0.0219. The van der Waals surface area contributed by atoms with E-state index in [4.69, 9.17) is 24.0 Å². The second-order valence-electron chi connectivity index (χ2n) is 2.04. The molecule has 6 heteroatoms. The van der Waals surface area contributed by atoms with Crippen LogP contribution in [0.25, 0.3) is 9.69 Å². The first kappa shape index (κ1) is 9.31. The lowest BCUT2D eigenvalue weighted by molar-refractivity contribution is 1.49. The first-order chi connectivity index (χ1) is 6.76. The number of hydrogen-bond acceptors (Lipinski definition) is 4. The van der Waals surface area contributed by atoms with Crippen LogP contribution in [0.1, 0.15) is 0 Å². The maximum atomic E-state index is 6.81. The van der Waals surface area contributed by atoms with Gasteiger partial charge in [0.2, 0.25) is 0 Å². The van der Waals surface area contributed by atoms with Gasteiger partial charge >= 0.3 is 11.5 Å². The van der Waals surface area contributed by atoms with Gasteiger partial charge in [-0.05, 0) is 11.7 Å². The molecule has 1 aliphatic rings. The van der Waals surface area contributed by atoms with Crippen LogP contribution in [0.5, 0.6) is 0 Å². The zero-order chi connectivity index (χ0) is 10.6. The Labute approximate surface area is 79.3 Å². The van der Waals surface area contributed by atoms with Gasteiger partial charge in [0.25, 0.3) is 5.84 Å². The summed E-state index contributed by atoms with van der Waals surface area (Å²) < 4.78 is 0. The van der Waals surface area contributed by atoms with E-state index in [9.17, 15) is 0 Å². The van der Waals surface area contributed by atoms with Crippen molar-refractivity contribution < 1.29 is 0 Å². The van der Waals surface area contributed by atoms with Gasteiger partial charge in [-0.1, -0.05) is 6.57 Å². The molecule has 14 heavy (non-hydrogen) atoms. The summed E-state index contributed by atoms with van der Waals surface area (Å²) in [6.07, 6.45) is 0. The lowest BCUT2D eigenvalue weighted by Gasteiger charge is -1.81. The molecule has 0 radical (unpaired) electrons. The van der Waals surface area contributed by atoms with Gasteiger partial charge in [-0.3, -0.25) is 10.8 Å². The minimum Gasteiger partial charge on any atom is -0.358 e. The third-order valence-corrected chi connectivity index (χ3v) is 1.31. The van der Waals surface area contributed by atoms with Crippen LogP contribution in [0.2, 0.25) is 0 Å². The van der Waals surface area contributed by atoms with Gasteiger partial charge in [0.05, 0.1) is 6.57 Å². The van der Waals surface area contributed by atoms with E-state index >= 15 is 0 Å². The van der Waals surface area contributed by atoms with Crippen LogP contribution < -0.4 is 0 Å². The fourth-order valence-corrected chi connectivity index (χ4v) is 0.736. The van der Waals surface area contributed by atoms with Crippen molar-refractivity contribution >= 4 is 23.4 Å². The van der Waals surface area contributed by atoms with Crippen molar-refractivity contribution in [2.24, 2.45) is 9.98 Å². The van der Waals surface area contributed by atoms with Gasteiger partial charge in [0.15, 0.2) is 5.70 Å². The van der Waals surface area contributed by atoms with Crippen molar-refractivity contribution in [2.45, 2.75) is 0 Å². The molecule has 0 spiro atoms. The maximum absolute atomic E-state index is 6.81. The number of nitrogens with zero attached hydrogens (tertiary/aromatic N) is 4. The summed E-state index contributed by atoms with van der Waals surface area (Å²) in [6, 6.07) is 0. The molecule has 1 rings (SSSR count). The second kappa shape index (κ2) is 3.75. The number of hydrogen-bond donors (Lipinski definition) is 2. The highest BCUT2D eigenvalue weighted by Gasteiger charge is 2.23. The van der Waals surface area contributed by atoms with E-state index in [2.05, 4.69) is 19.7 Å². The van der Waals surface area contributed by atoms with Gasteiger partial charge in [-0.15, -0.1) is 4.99 Å². The molecule has 0 atom stereocenters. The smallest absolute Gasteiger partial charge is 0.313 e. The van der Waals surface area contributed by atoms with E-state index in [1.165, 1.54) is 0 Å². The lowest BCUT2D eigenvalue weighted by atomic mass is 10.4. The molecule has 0 aromatic rings. The second-order valence-corrected chi connectivity index (χ2v) is 2.04. The van der Waals surface area contributed by atoms with Crippen LogP contribution in [0, 0.1) is 24.0 Å². The predicted molar refractivity (Wildman–Crippen MR) is 50.6 cm³/mol. The standard InChI is InChI=1S/C8H2N6/c1-11-5(3-9)8-13-6(4-10)7(12-2)14-8/h9-10H. The summed E-state index contributed by atoms with van der Waals surface area (Å²) >= 11 is 0. The molecule has 1 aliphatic heterocycles. The van der Waals surface area contributed by atoms with Crippen molar-refractivity contribution in [3.8, 4) is 0 Å². The Bertz CT molecular complexity index is 523. The molecule has 2 N–H and O–H groups in total. The van der Waals surface area contributed by atoms with Gasteiger partial charge < -0.3 is 4.85 Å². The highest BCUT2D eigenvalue weighted by molar-refractivity contribution is 6.25. The van der Waals surface area contributed by atoms with Crippen molar-refractivity contribution in [3.63, 3.8) is 0 Å². The zero-order valence-corrected chi connectivity index (χ0v) is 6.79. The summed E-state index contributed by atoms with van der Waals surface area (Å²) in [5.74, 6) is 3.63. The van der Waals surface area contributed by atoms with Crippen molar-refractivity contribution in [1.29, 1.82) is 10.8 Å². The summed E-state index contributed by atoms with van der Waals surface area (Å²) in [6.45, 7) is 13.4. The molecule has 1 heterocycles. The quantitative estimate of drug-likeness (QED) is 0.446. The Hall–Kier alpha value is -2.78. The van der Waals surface area contributed by atoms with Crippen molar-refractivity contribution in [3.05, 3.63) is 34.2 Å². The van der Waals surface area contributed by atoms with Gasteiger partial charge in [-0.25, -0.2) is 9.84 Å². The fraction of sp³-hybridized carbons (Fsp3) is 0. The Kier molecular flexibility index (Phi) is 2.49. The topological polar surface area (TPSA) is 81.1 Å². The largest absolute Gasteiger partial charge is 0.358 e. The molecule has 0 fully saturated rings. The van der Waals surface area contributed by atoms with Crippen LogP contribution in [0.4, 0.5) is 0 Å². The molecule has 0 aromatic carbocycles. The normalized spacial score (nSPS) is 12.9. The molecule has 0 unspecified atom stereocenters. The Morgan fingerprint density at radius 2 is 2.00 bits per heavy atom. The van der Waals surface area contributed by atoms with Gasteiger partial charge in [0.1, 0.15) is 0 Å². The third kappa shape index (κ3) is 1.38.